The van der Waals surface area contributed by atoms with Gasteiger partial charge in [0, 0.05) is 19.4 Å². The van der Waals surface area contributed by atoms with Gasteiger partial charge in [-0.15, -0.1) is 0 Å². The Morgan fingerprint density at radius 1 is 1.40 bits per heavy atom. The van der Waals surface area contributed by atoms with Crippen LogP contribution in [0.25, 0.3) is 0 Å². The van der Waals surface area contributed by atoms with Gasteiger partial charge in [0.05, 0.1) is 0 Å². The standard InChI is InChI=1S/C14H13N3O2S/c1-10-9-17(2)14(19)16-13(10)20-8-6-12(18)11-5-3-4-7-15-11/h3-9H,1-2H3/b8-6+. The second-order valence-electron chi connectivity index (χ2n) is 4.12. The molecule has 0 N–H and O–H groups in total. The summed E-state index contributed by atoms with van der Waals surface area (Å²) in [7, 11) is 1.65. The van der Waals surface area contributed by atoms with E-state index in [9.17, 15) is 9.59 Å². The molecule has 0 radical (unpaired) electrons. The smallest absolute Gasteiger partial charge is 0.302 e. The van der Waals surface area contributed by atoms with Crippen LogP contribution < -0.4 is 5.69 Å². The first-order chi connectivity index (χ1) is 9.58. The summed E-state index contributed by atoms with van der Waals surface area (Å²) in [5.41, 5.74) is 0.951. The van der Waals surface area contributed by atoms with E-state index in [1.54, 1.807) is 43.0 Å². The summed E-state index contributed by atoms with van der Waals surface area (Å²) in [6.45, 7) is 1.86. The zero-order valence-electron chi connectivity index (χ0n) is 11.1. The number of ketones is 1. The Morgan fingerprint density at radius 2 is 2.20 bits per heavy atom. The van der Waals surface area contributed by atoms with E-state index in [0.29, 0.717) is 10.7 Å². The maximum absolute atomic E-state index is 11.8. The highest BCUT2D eigenvalue weighted by Gasteiger charge is 2.04. The first kappa shape index (κ1) is 14.2. The zero-order valence-corrected chi connectivity index (χ0v) is 11.9. The number of hydrogen-bond acceptors (Lipinski definition) is 5. The van der Waals surface area contributed by atoms with Gasteiger partial charge >= 0.3 is 5.69 Å². The molecule has 0 spiro atoms. The zero-order chi connectivity index (χ0) is 14.5. The van der Waals surface area contributed by atoms with Crippen LogP contribution in [-0.2, 0) is 7.05 Å². The minimum Gasteiger partial charge on any atom is -0.302 e. The van der Waals surface area contributed by atoms with E-state index in [1.807, 2.05) is 6.92 Å². The predicted octanol–water partition coefficient (Wildman–Crippen LogP) is 1.97. The number of aromatic nitrogens is 3. The second-order valence-corrected chi connectivity index (χ2v) is 5.02. The fourth-order valence-corrected chi connectivity index (χ4v) is 2.22. The summed E-state index contributed by atoms with van der Waals surface area (Å²) in [4.78, 5) is 31.1. The maximum atomic E-state index is 11.8. The van der Waals surface area contributed by atoms with Crippen LogP contribution in [0, 0.1) is 6.92 Å². The lowest BCUT2D eigenvalue weighted by Crippen LogP contribution is -2.20. The number of carbonyl (C=O) groups excluding carboxylic acids is 1. The van der Waals surface area contributed by atoms with Gasteiger partial charge < -0.3 is 4.57 Å². The van der Waals surface area contributed by atoms with Crippen LogP contribution in [0.1, 0.15) is 16.1 Å². The van der Waals surface area contributed by atoms with Crippen LogP contribution in [0.5, 0.6) is 0 Å². The normalized spacial score (nSPS) is 10.9. The van der Waals surface area contributed by atoms with Gasteiger partial charge in [-0.2, -0.15) is 4.98 Å². The number of rotatable bonds is 4. The Hall–Kier alpha value is -2.21. The third-order valence-electron chi connectivity index (χ3n) is 2.54. The summed E-state index contributed by atoms with van der Waals surface area (Å²) in [5.74, 6) is -0.181. The van der Waals surface area contributed by atoms with Gasteiger partial charge in [0.1, 0.15) is 10.7 Å². The lowest BCUT2D eigenvalue weighted by molar-refractivity contribution is 0.104. The lowest BCUT2D eigenvalue weighted by Gasteiger charge is -2.02. The van der Waals surface area contributed by atoms with Crippen LogP contribution in [0.15, 0.2) is 51.9 Å². The van der Waals surface area contributed by atoms with Crippen molar-refractivity contribution in [3.05, 3.63) is 63.8 Å². The van der Waals surface area contributed by atoms with Crippen molar-refractivity contribution in [3.63, 3.8) is 0 Å². The first-order valence-electron chi connectivity index (χ1n) is 5.91. The maximum Gasteiger partial charge on any atom is 0.348 e. The highest BCUT2D eigenvalue weighted by atomic mass is 32.2. The van der Waals surface area contributed by atoms with E-state index in [2.05, 4.69) is 9.97 Å². The van der Waals surface area contributed by atoms with E-state index in [-0.39, 0.29) is 11.5 Å². The summed E-state index contributed by atoms with van der Waals surface area (Å²) < 4.78 is 1.42. The van der Waals surface area contributed by atoms with Crippen molar-refractivity contribution in [1.29, 1.82) is 0 Å². The summed E-state index contributed by atoms with van der Waals surface area (Å²) >= 11 is 1.24. The van der Waals surface area contributed by atoms with Crippen molar-refractivity contribution in [2.24, 2.45) is 7.05 Å². The van der Waals surface area contributed by atoms with Gasteiger partial charge in [-0.25, -0.2) is 4.79 Å². The predicted molar refractivity (Wildman–Crippen MR) is 77.8 cm³/mol. The molecular weight excluding hydrogens is 274 g/mol. The fraction of sp³-hybridized carbons (Fsp3) is 0.143. The van der Waals surface area contributed by atoms with E-state index < -0.39 is 0 Å². The molecule has 0 aliphatic rings. The van der Waals surface area contributed by atoms with Crippen LogP contribution in [0.4, 0.5) is 0 Å². The number of thioether (sulfide) groups is 1. The molecule has 0 aliphatic heterocycles. The molecule has 2 aromatic rings. The topological polar surface area (TPSA) is 64.8 Å². The molecule has 2 aromatic heterocycles. The molecule has 20 heavy (non-hydrogen) atoms. The Morgan fingerprint density at radius 3 is 2.90 bits per heavy atom. The monoisotopic (exact) mass is 287 g/mol. The van der Waals surface area contributed by atoms with Crippen molar-refractivity contribution in [2.75, 3.05) is 0 Å². The molecule has 6 heteroatoms. The SMILES string of the molecule is Cc1cn(C)c(=O)nc1S/C=C/C(=O)c1ccccn1. The Kier molecular flexibility index (Phi) is 4.47. The third-order valence-corrected chi connectivity index (χ3v) is 3.45. The molecule has 5 nitrogen and oxygen atoms in total. The highest BCUT2D eigenvalue weighted by molar-refractivity contribution is 8.02. The number of carbonyl (C=O) groups is 1. The molecule has 0 saturated heterocycles. The average Bonchev–Trinajstić information content (AvgIpc) is 2.45. The minimum absolute atomic E-state index is 0.181. The number of allylic oxidation sites excluding steroid dienone is 1. The van der Waals surface area contributed by atoms with Gasteiger partial charge in [-0.3, -0.25) is 9.78 Å². The molecule has 2 heterocycles. The molecule has 0 aromatic carbocycles. The molecule has 0 fully saturated rings. The Labute approximate surface area is 120 Å². The minimum atomic E-state index is -0.317. The Balaban J connectivity index is 2.09. The molecule has 0 aliphatic carbocycles. The van der Waals surface area contributed by atoms with Gasteiger partial charge in [0.25, 0.3) is 0 Å². The average molecular weight is 287 g/mol. The van der Waals surface area contributed by atoms with Gasteiger partial charge in [-0.1, -0.05) is 17.8 Å². The van der Waals surface area contributed by atoms with Crippen molar-refractivity contribution in [1.82, 2.24) is 14.5 Å². The fourth-order valence-electron chi connectivity index (χ4n) is 1.53. The van der Waals surface area contributed by atoms with Crippen molar-refractivity contribution in [2.45, 2.75) is 11.9 Å². The Bertz CT molecular complexity index is 708. The van der Waals surface area contributed by atoms with Crippen LogP contribution >= 0.6 is 11.8 Å². The molecule has 0 amide bonds. The summed E-state index contributed by atoms with van der Waals surface area (Å²) in [5, 5.41) is 2.21. The van der Waals surface area contributed by atoms with Gasteiger partial charge in [0.15, 0.2) is 0 Å². The number of nitrogens with zero attached hydrogens (tertiary/aromatic N) is 3. The van der Waals surface area contributed by atoms with Crippen LogP contribution in [-0.4, -0.2) is 20.3 Å². The second kappa shape index (κ2) is 6.29. The molecule has 102 valence electrons. The third kappa shape index (κ3) is 3.42. The molecule has 2 rings (SSSR count). The van der Waals surface area contributed by atoms with Crippen molar-refractivity contribution < 1.29 is 4.79 Å². The molecule has 0 atom stereocenters. The van der Waals surface area contributed by atoms with E-state index >= 15 is 0 Å². The van der Waals surface area contributed by atoms with Crippen LogP contribution in [0.3, 0.4) is 0 Å². The largest absolute Gasteiger partial charge is 0.348 e. The highest BCUT2D eigenvalue weighted by Crippen LogP contribution is 2.19. The molecule has 0 unspecified atom stereocenters. The summed E-state index contributed by atoms with van der Waals surface area (Å²) in [6, 6.07) is 5.16. The summed E-state index contributed by atoms with van der Waals surface area (Å²) in [6.07, 6.45) is 4.71. The first-order valence-corrected chi connectivity index (χ1v) is 6.79. The van der Waals surface area contributed by atoms with Gasteiger partial charge in [0.2, 0.25) is 5.78 Å². The number of pyridine rings is 1. The van der Waals surface area contributed by atoms with Crippen LogP contribution in [0.2, 0.25) is 0 Å². The lowest BCUT2D eigenvalue weighted by atomic mass is 10.2. The molecule has 0 saturated carbocycles. The number of hydrogen-bond donors (Lipinski definition) is 0. The number of aryl methyl sites for hydroxylation is 2. The molecule has 0 bridgehead atoms. The van der Waals surface area contributed by atoms with Crippen molar-refractivity contribution >= 4 is 17.5 Å². The van der Waals surface area contributed by atoms with E-state index in [1.165, 1.54) is 22.4 Å². The van der Waals surface area contributed by atoms with E-state index in [0.717, 1.165) is 5.56 Å². The van der Waals surface area contributed by atoms with Gasteiger partial charge in [-0.05, 0) is 36.1 Å². The van der Waals surface area contributed by atoms with Crippen molar-refractivity contribution in [3.8, 4) is 0 Å². The quantitative estimate of drug-likeness (QED) is 0.372. The molecular formula is C14H13N3O2S. The van der Waals surface area contributed by atoms with E-state index in [4.69, 9.17) is 0 Å².